The van der Waals surface area contributed by atoms with Crippen LogP contribution in [0.1, 0.15) is 35.3 Å². The molecular formula is C29H24ClFN2O7. The van der Waals surface area contributed by atoms with Crippen LogP contribution in [0.25, 0.3) is 6.08 Å². The highest BCUT2D eigenvalue weighted by Crippen LogP contribution is 2.38. The number of imide groups is 2. The molecule has 9 nitrogen and oxygen atoms in total. The maximum absolute atomic E-state index is 13.5. The van der Waals surface area contributed by atoms with Crippen molar-refractivity contribution in [3.8, 4) is 11.5 Å². The van der Waals surface area contributed by atoms with Gasteiger partial charge in [-0.3, -0.25) is 14.9 Å². The van der Waals surface area contributed by atoms with Crippen LogP contribution in [0.2, 0.25) is 5.02 Å². The molecule has 0 atom stereocenters. The highest BCUT2D eigenvalue weighted by atomic mass is 35.5. The van der Waals surface area contributed by atoms with Gasteiger partial charge >= 0.3 is 12.0 Å². The molecule has 3 aromatic carbocycles. The number of anilines is 1. The van der Waals surface area contributed by atoms with Crippen molar-refractivity contribution in [1.29, 1.82) is 0 Å². The molecule has 1 N–H and O–H groups in total. The van der Waals surface area contributed by atoms with E-state index in [1.165, 1.54) is 54.6 Å². The third-order valence-electron chi connectivity index (χ3n) is 5.65. The van der Waals surface area contributed by atoms with E-state index in [-0.39, 0.29) is 53.2 Å². The first kappa shape index (κ1) is 28.3. The van der Waals surface area contributed by atoms with E-state index >= 15 is 0 Å². The van der Waals surface area contributed by atoms with E-state index in [0.717, 1.165) is 4.90 Å². The van der Waals surface area contributed by atoms with E-state index < -0.39 is 29.6 Å². The molecule has 1 fully saturated rings. The number of nitrogens with zero attached hydrogens (tertiary/aromatic N) is 1. The Morgan fingerprint density at radius 1 is 1.00 bits per heavy atom. The van der Waals surface area contributed by atoms with Crippen LogP contribution in [0.3, 0.4) is 0 Å². The first-order valence-corrected chi connectivity index (χ1v) is 12.6. The van der Waals surface area contributed by atoms with Crippen molar-refractivity contribution in [2.75, 3.05) is 18.1 Å². The lowest BCUT2D eigenvalue weighted by molar-refractivity contribution is -0.122. The van der Waals surface area contributed by atoms with Crippen molar-refractivity contribution >= 4 is 47.2 Å². The fraction of sp³-hybridized carbons (Fsp3) is 0.172. The molecule has 0 radical (unpaired) electrons. The zero-order chi connectivity index (χ0) is 28.8. The van der Waals surface area contributed by atoms with Crippen LogP contribution in [0.5, 0.6) is 11.5 Å². The zero-order valence-corrected chi connectivity index (χ0v) is 22.3. The smallest absolute Gasteiger partial charge is 0.338 e. The van der Waals surface area contributed by atoms with E-state index in [2.05, 4.69) is 5.32 Å². The van der Waals surface area contributed by atoms with E-state index in [9.17, 15) is 23.6 Å². The second-order valence-corrected chi connectivity index (χ2v) is 8.81. The van der Waals surface area contributed by atoms with Gasteiger partial charge in [0.25, 0.3) is 11.8 Å². The second kappa shape index (κ2) is 12.4. The fourth-order valence-corrected chi connectivity index (χ4v) is 4.15. The Bertz CT molecular complexity index is 1500. The lowest BCUT2D eigenvalue weighted by Gasteiger charge is -2.26. The summed E-state index contributed by atoms with van der Waals surface area (Å²) < 4.78 is 29.9. The number of ether oxygens (including phenoxy) is 3. The third-order valence-corrected chi connectivity index (χ3v) is 5.93. The van der Waals surface area contributed by atoms with Crippen molar-refractivity contribution in [3.63, 3.8) is 0 Å². The van der Waals surface area contributed by atoms with Crippen LogP contribution in [-0.4, -0.2) is 37.0 Å². The molecule has 0 spiro atoms. The number of benzene rings is 3. The van der Waals surface area contributed by atoms with Crippen LogP contribution in [0, 0.1) is 5.82 Å². The molecule has 11 heteroatoms. The Hall–Kier alpha value is -4.70. The number of barbiturate groups is 1. The summed E-state index contributed by atoms with van der Waals surface area (Å²) in [6.07, 6.45) is 1.27. The number of hydrogen-bond donors (Lipinski definition) is 1. The number of hydrogen-bond acceptors (Lipinski definition) is 7. The predicted octanol–water partition coefficient (Wildman–Crippen LogP) is 5.30. The number of nitrogens with one attached hydrogen (secondary N) is 1. The summed E-state index contributed by atoms with van der Waals surface area (Å²) in [6.45, 7) is 3.90. The van der Waals surface area contributed by atoms with Crippen molar-refractivity contribution < 1.29 is 37.8 Å². The number of esters is 1. The topological polar surface area (TPSA) is 111 Å². The van der Waals surface area contributed by atoms with E-state index in [1.54, 1.807) is 26.0 Å². The maximum atomic E-state index is 13.5. The minimum absolute atomic E-state index is 0.0188. The molecule has 4 amide bonds. The Kier molecular flexibility index (Phi) is 8.80. The number of halogens is 2. The minimum atomic E-state index is -0.940. The number of carbonyl (C=O) groups is 4. The molecule has 40 heavy (non-hydrogen) atoms. The Morgan fingerprint density at radius 2 is 1.75 bits per heavy atom. The van der Waals surface area contributed by atoms with Crippen molar-refractivity contribution in [2.24, 2.45) is 0 Å². The molecular weight excluding hydrogens is 543 g/mol. The molecule has 0 unspecified atom stereocenters. The summed E-state index contributed by atoms with van der Waals surface area (Å²) in [5.74, 6) is -2.29. The van der Waals surface area contributed by atoms with Gasteiger partial charge in [0.2, 0.25) is 0 Å². The molecule has 1 aliphatic rings. The maximum Gasteiger partial charge on any atom is 0.338 e. The molecule has 1 heterocycles. The van der Waals surface area contributed by atoms with Crippen molar-refractivity contribution in [2.45, 2.75) is 20.5 Å². The number of urea groups is 1. The molecule has 0 aromatic heterocycles. The summed E-state index contributed by atoms with van der Waals surface area (Å²) in [5.41, 5.74) is 0.954. The van der Waals surface area contributed by atoms with E-state index in [0.29, 0.717) is 11.1 Å². The van der Waals surface area contributed by atoms with Gasteiger partial charge in [0.15, 0.2) is 11.5 Å². The van der Waals surface area contributed by atoms with Gasteiger partial charge in [-0.05, 0) is 79.6 Å². The quantitative estimate of drug-likeness (QED) is 0.212. The van der Waals surface area contributed by atoms with Gasteiger partial charge in [-0.15, -0.1) is 0 Å². The van der Waals surface area contributed by atoms with Crippen LogP contribution in [0.4, 0.5) is 14.9 Å². The summed E-state index contributed by atoms with van der Waals surface area (Å²) in [5, 5.41) is 2.27. The van der Waals surface area contributed by atoms with Gasteiger partial charge in [0, 0.05) is 0 Å². The third kappa shape index (κ3) is 6.29. The number of rotatable bonds is 9. The van der Waals surface area contributed by atoms with Crippen molar-refractivity contribution in [3.05, 3.63) is 93.8 Å². The Balaban J connectivity index is 1.62. The van der Waals surface area contributed by atoms with E-state index in [4.69, 9.17) is 25.8 Å². The summed E-state index contributed by atoms with van der Waals surface area (Å²) >= 11 is 6.47. The molecule has 206 valence electrons. The summed E-state index contributed by atoms with van der Waals surface area (Å²) in [4.78, 5) is 51.2. The monoisotopic (exact) mass is 566 g/mol. The normalized spacial score (nSPS) is 14.2. The highest BCUT2D eigenvalue weighted by molar-refractivity contribution is 6.39. The van der Waals surface area contributed by atoms with Gasteiger partial charge in [0.05, 0.1) is 29.5 Å². The predicted molar refractivity (Wildman–Crippen MR) is 145 cm³/mol. The molecule has 1 saturated heterocycles. The van der Waals surface area contributed by atoms with E-state index in [1.807, 2.05) is 0 Å². The average Bonchev–Trinajstić information content (AvgIpc) is 2.91. The molecule has 0 saturated carbocycles. The standard InChI is InChI=1S/C29H24ClFN2O7/c1-3-38-24-15-18(14-23(30)25(24)40-16-17-6-5-7-20(31)12-17)13-22-26(34)32-29(37)33(27(22)35)21-10-8-19(9-11-21)28(36)39-4-2/h5-15H,3-4,16H2,1-2H3,(H,32,34,37)/b22-13+. The highest BCUT2D eigenvalue weighted by Gasteiger charge is 2.37. The molecule has 0 bridgehead atoms. The average molecular weight is 567 g/mol. The first-order chi connectivity index (χ1) is 19.2. The second-order valence-electron chi connectivity index (χ2n) is 8.41. The van der Waals surface area contributed by atoms with Crippen molar-refractivity contribution in [1.82, 2.24) is 5.32 Å². The van der Waals surface area contributed by atoms with Crippen LogP contribution < -0.4 is 19.7 Å². The van der Waals surface area contributed by atoms with Gasteiger partial charge in [-0.2, -0.15) is 0 Å². The lowest BCUT2D eigenvalue weighted by atomic mass is 10.1. The minimum Gasteiger partial charge on any atom is -0.490 e. The van der Waals surface area contributed by atoms with Crippen LogP contribution >= 0.6 is 11.6 Å². The Morgan fingerprint density at radius 3 is 2.42 bits per heavy atom. The Labute approximate surface area is 234 Å². The SMILES string of the molecule is CCOC(=O)c1ccc(N2C(=O)NC(=O)/C(=C\c3cc(Cl)c(OCc4cccc(F)c4)c(OCC)c3)C2=O)cc1. The van der Waals surface area contributed by atoms with Gasteiger partial charge in [0.1, 0.15) is 18.0 Å². The fourth-order valence-electron chi connectivity index (χ4n) is 3.88. The largest absolute Gasteiger partial charge is 0.490 e. The van der Waals surface area contributed by atoms with Gasteiger partial charge < -0.3 is 14.2 Å². The van der Waals surface area contributed by atoms with Crippen LogP contribution in [-0.2, 0) is 20.9 Å². The molecule has 1 aliphatic heterocycles. The molecule has 4 rings (SSSR count). The lowest BCUT2D eigenvalue weighted by Crippen LogP contribution is -2.54. The molecule has 0 aliphatic carbocycles. The van der Waals surface area contributed by atoms with Gasteiger partial charge in [-0.25, -0.2) is 18.9 Å². The first-order valence-electron chi connectivity index (χ1n) is 12.2. The molecule has 3 aromatic rings. The summed E-state index contributed by atoms with van der Waals surface area (Å²) in [7, 11) is 0. The zero-order valence-electron chi connectivity index (χ0n) is 21.5. The van der Waals surface area contributed by atoms with Gasteiger partial charge in [-0.1, -0.05) is 23.7 Å². The number of carbonyl (C=O) groups excluding carboxylic acids is 4. The summed E-state index contributed by atoms with van der Waals surface area (Å²) in [6, 6.07) is 13.6. The van der Waals surface area contributed by atoms with Crippen LogP contribution in [0.15, 0.2) is 66.2 Å². The number of amides is 4.